The van der Waals surface area contributed by atoms with Crippen LogP contribution in [0.15, 0.2) is 23.1 Å². The number of benzene rings is 1. The van der Waals surface area contributed by atoms with E-state index in [4.69, 9.17) is 4.74 Å². The van der Waals surface area contributed by atoms with Gasteiger partial charge in [0, 0.05) is 38.8 Å². The van der Waals surface area contributed by atoms with E-state index in [-0.39, 0.29) is 16.5 Å². The molecule has 1 heterocycles. The van der Waals surface area contributed by atoms with Gasteiger partial charge in [-0.3, -0.25) is 9.69 Å². The third-order valence-electron chi connectivity index (χ3n) is 4.75. The number of morpholine rings is 1. The summed E-state index contributed by atoms with van der Waals surface area (Å²) in [5.74, 6) is -1.37. The second-order valence-corrected chi connectivity index (χ2v) is 8.38. The molecular formula is C18H28FN3O4S. The van der Waals surface area contributed by atoms with E-state index >= 15 is 0 Å². The average Bonchev–Trinajstić information content (AvgIpc) is 2.67. The van der Waals surface area contributed by atoms with Crippen LogP contribution in [0.25, 0.3) is 0 Å². The van der Waals surface area contributed by atoms with Crippen molar-refractivity contribution in [3.63, 3.8) is 0 Å². The normalized spacial score (nSPS) is 17.1. The van der Waals surface area contributed by atoms with E-state index in [1.807, 2.05) is 6.92 Å². The van der Waals surface area contributed by atoms with Crippen molar-refractivity contribution in [1.82, 2.24) is 14.5 Å². The minimum atomic E-state index is -3.76. The summed E-state index contributed by atoms with van der Waals surface area (Å²) in [5.41, 5.74) is -0.266. The molecule has 27 heavy (non-hydrogen) atoms. The number of hydrogen-bond donors (Lipinski definition) is 1. The van der Waals surface area contributed by atoms with Crippen LogP contribution in [0.5, 0.6) is 0 Å². The zero-order valence-electron chi connectivity index (χ0n) is 16.1. The Labute approximate surface area is 160 Å². The fraction of sp³-hybridized carbons (Fsp3) is 0.611. The topological polar surface area (TPSA) is 79.0 Å². The standard InChI is InChI=1S/C18H28FN3O4S/c1-4-22(5-2)27(24,25)15-6-7-17(19)16(12-15)18(23)20-13-14(3)21-8-10-26-11-9-21/h6-7,12,14H,4-5,8-11,13H2,1-3H3,(H,20,23). The van der Waals surface area contributed by atoms with Crippen LogP contribution in [-0.4, -0.2) is 75.5 Å². The summed E-state index contributed by atoms with van der Waals surface area (Å²) in [6, 6.07) is 3.40. The maximum atomic E-state index is 14.2. The second kappa shape index (κ2) is 9.59. The minimum Gasteiger partial charge on any atom is -0.379 e. The number of amides is 1. The highest BCUT2D eigenvalue weighted by Crippen LogP contribution is 2.19. The number of hydrogen-bond acceptors (Lipinski definition) is 5. The number of carbonyl (C=O) groups excluding carboxylic acids is 1. The first-order valence-corrected chi connectivity index (χ1v) is 10.6. The molecule has 0 saturated carbocycles. The lowest BCUT2D eigenvalue weighted by Crippen LogP contribution is -2.47. The SMILES string of the molecule is CCN(CC)S(=O)(=O)c1ccc(F)c(C(=O)NCC(C)N2CCOCC2)c1. The van der Waals surface area contributed by atoms with E-state index in [2.05, 4.69) is 10.2 Å². The molecule has 0 aliphatic carbocycles. The molecule has 1 aromatic rings. The van der Waals surface area contributed by atoms with Crippen molar-refractivity contribution in [2.45, 2.75) is 31.7 Å². The largest absolute Gasteiger partial charge is 0.379 e. The maximum Gasteiger partial charge on any atom is 0.254 e. The summed E-state index contributed by atoms with van der Waals surface area (Å²) < 4.78 is 45.9. The molecule has 1 aliphatic rings. The molecule has 1 aromatic carbocycles. The van der Waals surface area contributed by atoms with Gasteiger partial charge >= 0.3 is 0 Å². The molecule has 0 radical (unpaired) electrons. The number of ether oxygens (including phenoxy) is 1. The van der Waals surface area contributed by atoms with Crippen LogP contribution in [-0.2, 0) is 14.8 Å². The van der Waals surface area contributed by atoms with Gasteiger partial charge in [0.05, 0.1) is 23.7 Å². The molecule has 1 saturated heterocycles. The zero-order chi connectivity index (χ0) is 20.0. The summed E-state index contributed by atoms with van der Waals surface area (Å²) in [5, 5.41) is 2.70. The van der Waals surface area contributed by atoms with E-state index < -0.39 is 21.7 Å². The van der Waals surface area contributed by atoms with Gasteiger partial charge in [0.1, 0.15) is 5.82 Å². The van der Waals surface area contributed by atoms with Crippen molar-refractivity contribution >= 4 is 15.9 Å². The number of rotatable bonds is 8. The Bertz CT molecular complexity index is 747. The highest BCUT2D eigenvalue weighted by molar-refractivity contribution is 7.89. The molecule has 1 aliphatic heterocycles. The van der Waals surface area contributed by atoms with Crippen molar-refractivity contribution in [1.29, 1.82) is 0 Å². The van der Waals surface area contributed by atoms with Crippen LogP contribution >= 0.6 is 0 Å². The molecule has 1 N–H and O–H groups in total. The Kier molecular flexibility index (Phi) is 7.72. The molecule has 0 aromatic heterocycles. The van der Waals surface area contributed by atoms with E-state index in [1.165, 1.54) is 10.4 Å². The van der Waals surface area contributed by atoms with E-state index in [0.29, 0.717) is 32.8 Å². The number of nitrogens with one attached hydrogen (secondary N) is 1. The van der Waals surface area contributed by atoms with Crippen LogP contribution in [0.2, 0.25) is 0 Å². The van der Waals surface area contributed by atoms with Gasteiger partial charge in [-0.15, -0.1) is 0 Å². The predicted molar refractivity (Wildman–Crippen MR) is 101 cm³/mol. The first kappa shape index (κ1) is 21.7. The smallest absolute Gasteiger partial charge is 0.254 e. The fourth-order valence-corrected chi connectivity index (χ4v) is 4.52. The van der Waals surface area contributed by atoms with Crippen molar-refractivity contribution in [3.8, 4) is 0 Å². The molecule has 152 valence electrons. The van der Waals surface area contributed by atoms with E-state index in [9.17, 15) is 17.6 Å². The Morgan fingerprint density at radius 2 is 1.93 bits per heavy atom. The Hall–Kier alpha value is -1.55. The van der Waals surface area contributed by atoms with Gasteiger partial charge in [-0.05, 0) is 25.1 Å². The Morgan fingerprint density at radius 3 is 2.52 bits per heavy atom. The second-order valence-electron chi connectivity index (χ2n) is 6.44. The minimum absolute atomic E-state index is 0.0727. The molecule has 1 fully saturated rings. The zero-order valence-corrected chi connectivity index (χ0v) is 16.9. The number of halogens is 1. The van der Waals surface area contributed by atoms with Crippen molar-refractivity contribution < 1.29 is 22.3 Å². The monoisotopic (exact) mass is 401 g/mol. The van der Waals surface area contributed by atoms with Gasteiger partial charge in [0.15, 0.2) is 0 Å². The Balaban J connectivity index is 2.11. The summed E-state index contributed by atoms with van der Waals surface area (Å²) in [6.45, 7) is 9.23. The lowest BCUT2D eigenvalue weighted by Gasteiger charge is -2.32. The average molecular weight is 402 g/mol. The fourth-order valence-electron chi connectivity index (χ4n) is 3.03. The lowest BCUT2D eigenvalue weighted by molar-refractivity contribution is 0.0204. The third kappa shape index (κ3) is 5.25. The predicted octanol–water partition coefficient (Wildman–Crippen LogP) is 1.31. The molecule has 0 bridgehead atoms. The summed E-state index contributed by atoms with van der Waals surface area (Å²) in [6.07, 6.45) is 0. The van der Waals surface area contributed by atoms with Gasteiger partial charge in [0.25, 0.3) is 5.91 Å². The molecule has 1 atom stereocenters. The summed E-state index contributed by atoms with van der Waals surface area (Å²) in [7, 11) is -3.76. The summed E-state index contributed by atoms with van der Waals surface area (Å²) >= 11 is 0. The molecule has 7 nitrogen and oxygen atoms in total. The molecule has 0 spiro atoms. The van der Waals surface area contributed by atoms with Crippen LogP contribution in [0.4, 0.5) is 4.39 Å². The molecular weight excluding hydrogens is 373 g/mol. The molecule has 1 amide bonds. The van der Waals surface area contributed by atoms with Crippen molar-refractivity contribution in [2.24, 2.45) is 0 Å². The van der Waals surface area contributed by atoms with Gasteiger partial charge in [-0.2, -0.15) is 4.31 Å². The van der Waals surface area contributed by atoms with Crippen molar-refractivity contribution in [3.05, 3.63) is 29.6 Å². The molecule has 9 heteroatoms. The van der Waals surface area contributed by atoms with Crippen LogP contribution in [0.1, 0.15) is 31.1 Å². The van der Waals surface area contributed by atoms with Gasteiger partial charge in [0.2, 0.25) is 10.0 Å². The highest BCUT2D eigenvalue weighted by atomic mass is 32.2. The highest BCUT2D eigenvalue weighted by Gasteiger charge is 2.25. The first-order chi connectivity index (χ1) is 12.8. The van der Waals surface area contributed by atoms with Gasteiger partial charge < -0.3 is 10.1 Å². The lowest BCUT2D eigenvalue weighted by atomic mass is 10.2. The van der Waals surface area contributed by atoms with Crippen LogP contribution < -0.4 is 5.32 Å². The van der Waals surface area contributed by atoms with Gasteiger partial charge in [-0.1, -0.05) is 13.8 Å². The summed E-state index contributed by atoms with van der Waals surface area (Å²) in [4.78, 5) is 14.5. The van der Waals surface area contributed by atoms with Crippen molar-refractivity contribution in [2.75, 3.05) is 45.9 Å². The van der Waals surface area contributed by atoms with Crippen LogP contribution in [0.3, 0.4) is 0 Å². The maximum absolute atomic E-state index is 14.2. The first-order valence-electron chi connectivity index (χ1n) is 9.20. The molecule has 1 unspecified atom stereocenters. The quantitative estimate of drug-likeness (QED) is 0.711. The van der Waals surface area contributed by atoms with Gasteiger partial charge in [-0.25, -0.2) is 12.8 Å². The van der Waals surface area contributed by atoms with Crippen LogP contribution in [0, 0.1) is 5.82 Å². The Morgan fingerprint density at radius 1 is 1.30 bits per heavy atom. The molecule has 2 rings (SSSR count). The number of nitrogens with zero attached hydrogens (tertiary/aromatic N) is 2. The van der Waals surface area contributed by atoms with E-state index in [0.717, 1.165) is 25.2 Å². The van der Waals surface area contributed by atoms with E-state index in [1.54, 1.807) is 13.8 Å². The third-order valence-corrected chi connectivity index (χ3v) is 6.80. The number of carbonyl (C=O) groups is 1. The number of sulfonamides is 1.